The number of rotatable bonds is 6. The lowest BCUT2D eigenvalue weighted by Gasteiger charge is -2.12. The summed E-state index contributed by atoms with van der Waals surface area (Å²) in [7, 11) is 0. The Kier molecular flexibility index (Phi) is 4.35. The third-order valence-electron chi connectivity index (χ3n) is 1.98. The summed E-state index contributed by atoms with van der Waals surface area (Å²) in [5.74, 6) is -1.68. The molecule has 8 heteroatoms. The molecular formula is C9H13N5O3. The molecule has 1 aromatic rings. The first-order chi connectivity index (χ1) is 7.99. The average Bonchev–Trinajstić information content (AvgIpc) is 2.25. The summed E-state index contributed by atoms with van der Waals surface area (Å²) in [5.41, 5.74) is 10.9. The molecule has 0 aliphatic rings. The maximum atomic E-state index is 10.8. The van der Waals surface area contributed by atoms with Crippen LogP contribution in [-0.4, -0.2) is 33.0 Å². The molecule has 1 amide bonds. The van der Waals surface area contributed by atoms with Gasteiger partial charge in [0.25, 0.3) is 0 Å². The zero-order chi connectivity index (χ0) is 12.8. The predicted octanol–water partition coefficient (Wildman–Crippen LogP) is -1.52. The molecule has 0 aliphatic heterocycles. The Morgan fingerprint density at radius 1 is 1.41 bits per heavy atom. The molecule has 1 heterocycles. The fourth-order valence-electron chi connectivity index (χ4n) is 1.15. The van der Waals surface area contributed by atoms with Gasteiger partial charge < -0.3 is 16.6 Å². The highest BCUT2D eigenvalue weighted by Gasteiger charge is 2.19. The standard InChI is InChI=1S/C9H13N5O3/c10-7(15)1-6(8(16)17)12-2-5-3-13-9(11)14-4-5/h3-4,6,12H,1-2H2,(H2,10,15)(H,16,17)(H2,11,13,14)/t6-/m0/s1. The number of carboxylic acid groups (broad SMARTS) is 1. The van der Waals surface area contributed by atoms with Gasteiger partial charge in [-0.1, -0.05) is 0 Å². The number of amides is 1. The lowest BCUT2D eigenvalue weighted by Crippen LogP contribution is -2.39. The number of primary amides is 1. The van der Waals surface area contributed by atoms with Gasteiger partial charge in [0.2, 0.25) is 11.9 Å². The van der Waals surface area contributed by atoms with Crippen molar-refractivity contribution in [2.24, 2.45) is 5.73 Å². The highest BCUT2D eigenvalue weighted by atomic mass is 16.4. The van der Waals surface area contributed by atoms with Crippen molar-refractivity contribution >= 4 is 17.8 Å². The number of aliphatic carboxylic acids is 1. The van der Waals surface area contributed by atoms with Crippen LogP contribution in [0.3, 0.4) is 0 Å². The van der Waals surface area contributed by atoms with Gasteiger partial charge >= 0.3 is 5.97 Å². The van der Waals surface area contributed by atoms with Crippen LogP contribution in [0.2, 0.25) is 0 Å². The number of hydrogen-bond acceptors (Lipinski definition) is 6. The van der Waals surface area contributed by atoms with Gasteiger partial charge in [0.15, 0.2) is 0 Å². The van der Waals surface area contributed by atoms with E-state index in [9.17, 15) is 9.59 Å². The number of anilines is 1. The first-order valence-corrected chi connectivity index (χ1v) is 4.80. The van der Waals surface area contributed by atoms with Gasteiger partial charge in [-0.05, 0) is 0 Å². The number of nitrogens with two attached hydrogens (primary N) is 2. The molecule has 0 unspecified atom stereocenters. The third kappa shape index (κ3) is 4.43. The van der Waals surface area contributed by atoms with Crippen LogP contribution in [0, 0.1) is 0 Å². The minimum atomic E-state index is -1.14. The predicted molar refractivity (Wildman–Crippen MR) is 58.5 cm³/mol. The van der Waals surface area contributed by atoms with E-state index < -0.39 is 17.9 Å². The fourth-order valence-corrected chi connectivity index (χ4v) is 1.15. The third-order valence-corrected chi connectivity index (χ3v) is 1.98. The molecule has 92 valence electrons. The number of nitrogens with zero attached hydrogens (tertiary/aromatic N) is 2. The number of nitrogens with one attached hydrogen (secondary N) is 1. The monoisotopic (exact) mass is 239 g/mol. The van der Waals surface area contributed by atoms with E-state index in [0.717, 1.165) is 0 Å². The molecule has 8 nitrogen and oxygen atoms in total. The van der Waals surface area contributed by atoms with Crippen molar-refractivity contribution < 1.29 is 14.7 Å². The molecule has 0 saturated heterocycles. The Balaban J connectivity index is 2.54. The number of carboxylic acids is 1. The molecule has 0 aromatic carbocycles. The zero-order valence-corrected chi connectivity index (χ0v) is 8.96. The van der Waals surface area contributed by atoms with E-state index >= 15 is 0 Å². The molecule has 1 aromatic heterocycles. The smallest absolute Gasteiger partial charge is 0.321 e. The largest absolute Gasteiger partial charge is 0.480 e. The first kappa shape index (κ1) is 12.8. The first-order valence-electron chi connectivity index (χ1n) is 4.80. The SMILES string of the molecule is NC(=O)C[C@H](NCc1cnc(N)nc1)C(=O)O. The number of carbonyl (C=O) groups excluding carboxylic acids is 1. The summed E-state index contributed by atoms with van der Waals surface area (Å²) in [5, 5.41) is 11.5. The molecule has 1 rings (SSSR count). The molecule has 0 saturated carbocycles. The van der Waals surface area contributed by atoms with Gasteiger partial charge in [-0.15, -0.1) is 0 Å². The lowest BCUT2D eigenvalue weighted by molar-refractivity contribution is -0.141. The second-order valence-electron chi connectivity index (χ2n) is 3.39. The molecule has 17 heavy (non-hydrogen) atoms. The van der Waals surface area contributed by atoms with Crippen molar-refractivity contribution in [2.45, 2.75) is 19.0 Å². The summed E-state index contributed by atoms with van der Waals surface area (Å²) < 4.78 is 0. The number of aromatic nitrogens is 2. The van der Waals surface area contributed by atoms with Gasteiger partial charge in [-0.25, -0.2) is 9.97 Å². The van der Waals surface area contributed by atoms with Crippen LogP contribution in [0.4, 0.5) is 5.95 Å². The summed E-state index contributed by atoms with van der Waals surface area (Å²) >= 11 is 0. The maximum Gasteiger partial charge on any atom is 0.321 e. The van der Waals surface area contributed by atoms with E-state index in [1.165, 1.54) is 12.4 Å². The van der Waals surface area contributed by atoms with E-state index in [1.54, 1.807) is 0 Å². The maximum absolute atomic E-state index is 10.8. The quantitative estimate of drug-likeness (QED) is 0.471. The number of carbonyl (C=O) groups is 2. The minimum Gasteiger partial charge on any atom is -0.480 e. The van der Waals surface area contributed by atoms with Crippen LogP contribution in [0.25, 0.3) is 0 Å². The highest BCUT2D eigenvalue weighted by molar-refractivity contribution is 5.83. The van der Waals surface area contributed by atoms with Gasteiger partial charge in [0.05, 0.1) is 6.42 Å². The van der Waals surface area contributed by atoms with Gasteiger partial charge in [-0.3, -0.25) is 14.9 Å². The lowest BCUT2D eigenvalue weighted by atomic mass is 10.2. The van der Waals surface area contributed by atoms with Crippen LogP contribution in [0.15, 0.2) is 12.4 Å². The Bertz CT molecular complexity index is 406. The normalized spacial score (nSPS) is 12.0. The Labute approximate surface area is 97.0 Å². The molecule has 0 bridgehead atoms. The molecule has 0 spiro atoms. The molecule has 0 aliphatic carbocycles. The molecule has 6 N–H and O–H groups in total. The Hall–Kier alpha value is -2.22. The van der Waals surface area contributed by atoms with Crippen LogP contribution < -0.4 is 16.8 Å². The van der Waals surface area contributed by atoms with Crippen molar-refractivity contribution in [3.05, 3.63) is 18.0 Å². The van der Waals surface area contributed by atoms with E-state index in [1.807, 2.05) is 0 Å². The van der Waals surface area contributed by atoms with Gasteiger partial charge in [-0.2, -0.15) is 0 Å². The summed E-state index contributed by atoms with van der Waals surface area (Å²) in [6.07, 6.45) is 2.67. The van der Waals surface area contributed by atoms with E-state index in [4.69, 9.17) is 16.6 Å². The van der Waals surface area contributed by atoms with E-state index in [2.05, 4.69) is 15.3 Å². The number of hydrogen-bond donors (Lipinski definition) is 4. The Morgan fingerprint density at radius 2 is 2.00 bits per heavy atom. The molecular weight excluding hydrogens is 226 g/mol. The van der Waals surface area contributed by atoms with Crippen LogP contribution in [0.5, 0.6) is 0 Å². The second kappa shape index (κ2) is 5.75. The van der Waals surface area contributed by atoms with Crippen LogP contribution in [0.1, 0.15) is 12.0 Å². The van der Waals surface area contributed by atoms with Crippen LogP contribution >= 0.6 is 0 Å². The van der Waals surface area contributed by atoms with E-state index in [-0.39, 0.29) is 18.9 Å². The van der Waals surface area contributed by atoms with Crippen molar-refractivity contribution in [1.29, 1.82) is 0 Å². The van der Waals surface area contributed by atoms with Gasteiger partial charge in [0.1, 0.15) is 6.04 Å². The second-order valence-corrected chi connectivity index (χ2v) is 3.39. The average molecular weight is 239 g/mol. The highest BCUT2D eigenvalue weighted by Crippen LogP contribution is 1.99. The fraction of sp³-hybridized carbons (Fsp3) is 0.333. The van der Waals surface area contributed by atoms with Crippen molar-refractivity contribution in [3.8, 4) is 0 Å². The zero-order valence-electron chi connectivity index (χ0n) is 8.96. The van der Waals surface area contributed by atoms with E-state index in [0.29, 0.717) is 5.56 Å². The summed E-state index contributed by atoms with van der Waals surface area (Å²) in [4.78, 5) is 28.9. The summed E-state index contributed by atoms with van der Waals surface area (Å²) in [6.45, 7) is 0.213. The topological polar surface area (TPSA) is 144 Å². The van der Waals surface area contributed by atoms with Crippen molar-refractivity contribution in [1.82, 2.24) is 15.3 Å². The molecule has 1 atom stereocenters. The van der Waals surface area contributed by atoms with Crippen molar-refractivity contribution in [3.63, 3.8) is 0 Å². The minimum absolute atomic E-state index is 0.140. The van der Waals surface area contributed by atoms with Crippen LogP contribution in [-0.2, 0) is 16.1 Å². The molecule has 0 fully saturated rings. The Morgan fingerprint density at radius 3 is 2.47 bits per heavy atom. The van der Waals surface area contributed by atoms with Crippen molar-refractivity contribution in [2.75, 3.05) is 5.73 Å². The summed E-state index contributed by atoms with van der Waals surface area (Å²) in [6, 6.07) is -1.02. The van der Waals surface area contributed by atoms with Gasteiger partial charge in [0, 0.05) is 24.5 Å². The molecule has 0 radical (unpaired) electrons. The number of nitrogen functional groups attached to an aromatic ring is 1.